The largest absolute Gasteiger partial charge is 0.378 e. The Hall–Kier alpha value is -0.320. The molecule has 2 aliphatic rings. The number of ether oxygens (including phenoxy) is 1. The van der Waals surface area contributed by atoms with Gasteiger partial charge < -0.3 is 15.4 Å². The smallest absolute Gasteiger partial charge is 0.220 e. The van der Waals surface area contributed by atoms with Gasteiger partial charge in [0.15, 0.2) is 0 Å². The van der Waals surface area contributed by atoms with E-state index in [0.29, 0.717) is 24.6 Å². The van der Waals surface area contributed by atoms with E-state index >= 15 is 0 Å². The van der Waals surface area contributed by atoms with Crippen LogP contribution in [0.4, 0.5) is 0 Å². The second-order valence-corrected chi connectivity index (χ2v) is 5.23. The highest BCUT2D eigenvalue weighted by Gasteiger charge is 2.23. The Labute approximate surface area is 116 Å². The maximum Gasteiger partial charge on any atom is 0.220 e. The summed E-state index contributed by atoms with van der Waals surface area (Å²) in [6.07, 6.45) is 6.32. The first-order valence-electron chi connectivity index (χ1n) is 6.90. The fourth-order valence-corrected chi connectivity index (χ4v) is 2.68. The molecule has 0 saturated carbocycles. The molecule has 3 unspecified atom stereocenters. The zero-order valence-electron chi connectivity index (χ0n) is 11.1. The van der Waals surface area contributed by atoms with E-state index in [0.717, 1.165) is 45.3 Å². The van der Waals surface area contributed by atoms with Crippen molar-refractivity contribution in [1.82, 2.24) is 10.6 Å². The third kappa shape index (κ3) is 4.75. The molecular weight excluding hydrogens is 252 g/mol. The Kier molecular flexibility index (Phi) is 6.97. The number of piperidine rings is 1. The highest BCUT2D eigenvalue weighted by Crippen LogP contribution is 2.17. The fourth-order valence-electron chi connectivity index (χ4n) is 2.68. The summed E-state index contributed by atoms with van der Waals surface area (Å²) in [7, 11) is 0. The molecule has 3 atom stereocenters. The molecular formula is C13H25ClN2O2. The first-order chi connectivity index (χ1) is 8.25. The van der Waals surface area contributed by atoms with Crippen LogP contribution in [0.1, 0.15) is 45.4 Å². The Bertz CT molecular complexity index is 257. The van der Waals surface area contributed by atoms with Crippen LogP contribution < -0.4 is 10.6 Å². The van der Waals surface area contributed by atoms with Crippen LogP contribution in [-0.2, 0) is 9.53 Å². The molecule has 5 heteroatoms. The molecule has 0 aromatic carbocycles. The van der Waals surface area contributed by atoms with Gasteiger partial charge in [-0.25, -0.2) is 0 Å². The quantitative estimate of drug-likeness (QED) is 0.821. The summed E-state index contributed by atoms with van der Waals surface area (Å²) in [4.78, 5) is 11.8. The highest BCUT2D eigenvalue weighted by atomic mass is 35.5. The first-order valence-corrected chi connectivity index (χ1v) is 6.90. The Morgan fingerprint density at radius 3 is 2.89 bits per heavy atom. The summed E-state index contributed by atoms with van der Waals surface area (Å²) in [5.74, 6) is 0.182. The molecule has 2 heterocycles. The minimum Gasteiger partial charge on any atom is -0.378 e. The number of carbonyl (C=O) groups excluding carboxylic acids is 1. The van der Waals surface area contributed by atoms with E-state index in [1.165, 1.54) is 0 Å². The molecule has 0 aromatic heterocycles. The third-order valence-electron chi connectivity index (χ3n) is 3.83. The van der Waals surface area contributed by atoms with Gasteiger partial charge in [0.05, 0.1) is 6.10 Å². The predicted molar refractivity (Wildman–Crippen MR) is 74.1 cm³/mol. The lowest BCUT2D eigenvalue weighted by Gasteiger charge is -2.30. The monoisotopic (exact) mass is 276 g/mol. The molecule has 0 bridgehead atoms. The SMILES string of the molecule is CC1NCCCC1NC(=O)CCC1CCCO1.Cl. The van der Waals surface area contributed by atoms with Crippen LogP contribution in [0.5, 0.6) is 0 Å². The summed E-state index contributed by atoms with van der Waals surface area (Å²) in [5.41, 5.74) is 0. The van der Waals surface area contributed by atoms with Crippen LogP contribution in [0.15, 0.2) is 0 Å². The molecule has 0 spiro atoms. The average molecular weight is 277 g/mol. The van der Waals surface area contributed by atoms with Gasteiger partial charge in [-0.15, -0.1) is 12.4 Å². The summed E-state index contributed by atoms with van der Waals surface area (Å²) < 4.78 is 5.52. The molecule has 106 valence electrons. The predicted octanol–water partition coefficient (Wildman–Crippen LogP) is 1.62. The van der Waals surface area contributed by atoms with Gasteiger partial charge in [0.25, 0.3) is 0 Å². The normalized spacial score (nSPS) is 31.7. The second-order valence-electron chi connectivity index (χ2n) is 5.23. The summed E-state index contributed by atoms with van der Waals surface area (Å²) in [6.45, 7) is 4.09. The molecule has 0 aliphatic carbocycles. The molecule has 2 N–H and O–H groups in total. The summed E-state index contributed by atoms with van der Waals surface area (Å²) in [5, 5.41) is 6.53. The van der Waals surface area contributed by atoms with E-state index in [-0.39, 0.29) is 18.3 Å². The maximum atomic E-state index is 11.8. The van der Waals surface area contributed by atoms with Crippen molar-refractivity contribution >= 4 is 18.3 Å². The van der Waals surface area contributed by atoms with Gasteiger partial charge in [0.2, 0.25) is 5.91 Å². The zero-order chi connectivity index (χ0) is 12.1. The van der Waals surface area contributed by atoms with Gasteiger partial charge in [0, 0.05) is 25.1 Å². The van der Waals surface area contributed by atoms with Crippen LogP contribution >= 0.6 is 12.4 Å². The molecule has 0 aromatic rings. The number of hydrogen-bond donors (Lipinski definition) is 2. The summed E-state index contributed by atoms with van der Waals surface area (Å²) in [6, 6.07) is 0.705. The van der Waals surface area contributed by atoms with Gasteiger partial charge in [-0.1, -0.05) is 0 Å². The number of nitrogens with one attached hydrogen (secondary N) is 2. The van der Waals surface area contributed by atoms with E-state index in [1.54, 1.807) is 0 Å². The topological polar surface area (TPSA) is 50.4 Å². The number of halogens is 1. The van der Waals surface area contributed by atoms with Gasteiger partial charge in [0.1, 0.15) is 0 Å². The number of carbonyl (C=O) groups is 1. The number of amides is 1. The summed E-state index contributed by atoms with van der Waals surface area (Å²) >= 11 is 0. The lowest BCUT2D eigenvalue weighted by molar-refractivity contribution is -0.122. The Morgan fingerprint density at radius 2 is 2.22 bits per heavy atom. The van der Waals surface area contributed by atoms with Crippen molar-refractivity contribution in [2.24, 2.45) is 0 Å². The van der Waals surface area contributed by atoms with Crippen LogP contribution in [0, 0.1) is 0 Å². The second kappa shape index (κ2) is 7.97. The lowest BCUT2D eigenvalue weighted by atomic mass is 9.99. The lowest BCUT2D eigenvalue weighted by Crippen LogP contribution is -2.51. The average Bonchev–Trinajstić information content (AvgIpc) is 2.82. The Balaban J connectivity index is 0.00000162. The van der Waals surface area contributed by atoms with E-state index in [1.807, 2.05) is 0 Å². The molecule has 2 aliphatic heterocycles. The van der Waals surface area contributed by atoms with Crippen molar-refractivity contribution in [3.63, 3.8) is 0 Å². The van der Waals surface area contributed by atoms with E-state index in [2.05, 4.69) is 17.6 Å². The minimum atomic E-state index is 0. The van der Waals surface area contributed by atoms with Crippen molar-refractivity contribution in [2.75, 3.05) is 13.2 Å². The number of rotatable bonds is 4. The highest BCUT2D eigenvalue weighted by molar-refractivity contribution is 5.85. The van der Waals surface area contributed by atoms with Gasteiger partial charge in [-0.2, -0.15) is 0 Å². The van der Waals surface area contributed by atoms with Crippen molar-refractivity contribution in [2.45, 2.75) is 63.6 Å². The van der Waals surface area contributed by atoms with Crippen LogP contribution in [-0.4, -0.2) is 37.2 Å². The molecule has 2 fully saturated rings. The molecule has 2 rings (SSSR count). The van der Waals surface area contributed by atoms with Crippen molar-refractivity contribution < 1.29 is 9.53 Å². The van der Waals surface area contributed by atoms with E-state index in [9.17, 15) is 4.79 Å². The van der Waals surface area contributed by atoms with Crippen LogP contribution in [0.25, 0.3) is 0 Å². The molecule has 1 amide bonds. The van der Waals surface area contributed by atoms with E-state index in [4.69, 9.17) is 4.74 Å². The van der Waals surface area contributed by atoms with Crippen LogP contribution in [0.3, 0.4) is 0 Å². The first kappa shape index (κ1) is 15.7. The van der Waals surface area contributed by atoms with Crippen molar-refractivity contribution in [3.8, 4) is 0 Å². The van der Waals surface area contributed by atoms with Crippen LogP contribution in [0.2, 0.25) is 0 Å². The molecule has 18 heavy (non-hydrogen) atoms. The fraction of sp³-hybridized carbons (Fsp3) is 0.923. The zero-order valence-corrected chi connectivity index (χ0v) is 11.9. The number of hydrogen-bond acceptors (Lipinski definition) is 3. The maximum absolute atomic E-state index is 11.8. The standard InChI is InChI=1S/C13H24N2O2.ClH/c1-10-12(5-2-8-14-10)15-13(16)7-6-11-4-3-9-17-11;/h10-12,14H,2-9H2,1H3,(H,15,16);1H. The Morgan fingerprint density at radius 1 is 1.39 bits per heavy atom. The van der Waals surface area contributed by atoms with Crippen molar-refractivity contribution in [3.05, 3.63) is 0 Å². The third-order valence-corrected chi connectivity index (χ3v) is 3.83. The molecule has 2 saturated heterocycles. The molecule has 4 nitrogen and oxygen atoms in total. The van der Waals surface area contributed by atoms with Gasteiger partial charge >= 0.3 is 0 Å². The van der Waals surface area contributed by atoms with E-state index < -0.39 is 0 Å². The van der Waals surface area contributed by atoms with Gasteiger partial charge in [-0.3, -0.25) is 4.79 Å². The van der Waals surface area contributed by atoms with Crippen molar-refractivity contribution in [1.29, 1.82) is 0 Å². The van der Waals surface area contributed by atoms with Gasteiger partial charge in [-0.05, 0) is 45.6 Å². The molecule has 0 radical (unpaired) electrons. The minimum absolute atomic E-state index is 0.